The minimum absolute atomic E-state index is 0.279. The first kappa shape index (κ1) is 14.0. The standard InChI is InChI=1S/C22H18O/c23-22-13-7-12-19-20(17-10-5-2-6-11-17)14-18(15-21(19)22)16-8-3-1-4-9-16/h1-6,8-11,14-15H,7,12-13H2. The van der Waals surface area contributed by atoms with Crippen LogP contribution in [0, 0.1) is 0 Å². The number of carbonyl (C=O) groups excluding carboxylic acids is 1. The van der Waals surface area contributed by atoms with Crippen LogP contribution in [0.3, 0.4) is 0 Å². The molecule has 0 saturated carbocycles. The van der Waals surface area contributed by atoms with Crippen LogP contribution >= 0.6 is 0 Å². The van der Waals surface area contributed by atoms with Crippen LogP contribution in [0.5, 0.6) is 0 Å². The van der Waals surface area contributed by atoms with Crippen LogP contribution in [0.15, 0.2) is 72.8 Å². The molecule has 0 amide bonds. The Morgan fingerprint density at radius 3 is 1.91 bits per heavy atom. The molecule has 112 valence electrons. The zero-order valence-corrected chi connectivity index (χ0v) is 13.0. The van der Waals surface area contributed by atoms with Gasteiger partial charge in [-0.05, 0) is 52.8 Å². The summed E-state index contributed by atoms with van der Waals surface area (Å²) in [7, 11) is 0. The van der Waals surface area contributed by atoms with Crippen molar-refractivity contribution in [1.82, 2.24) is 0 Å². The van der Waals surface area contributed by atoms with E-state index in [1.807, 2.05) is 24.3 Å². The number of Topliss-reactive ketones (excluding diaryl/α,β-unsaturated/α-hetero) is 1. The largest absolute Gasteiger partial charge is 0.294 e. The molecule has 0 bridgehead atoms. The number of fused-ring (bicyclic) bond motifs is 1. The van der Waals surface area contributed by atoms with Gasteiger partial charge in [0.1, 0.15) is 0 Å². The molecule has 1 heteroatoms. The monoisotopic (exact) mass is 298 g/mol. The number of benzene rings is 3. The molecule has 1 aliphatic carbocycles. The molecule has 0 aromatic heterocycles. The normalized spacial score (nSPS) is 13.7. The van der Waals surface area contributed by atoms with Gasteiger partial charge in [0.25, 0.3) is 0 Å². The lowest BCUT2D eigenvalue weighted by atomic mass is 9.83. The van der Waals surface area contributed by atoms with E-state index in [1.165, 1.54) is 16.7 Å². The number of rotatable bonds is 2. The van der Waals surface area contributed by atoms with E-state index in [1.54, 1.807) is 0 Å². The van der Waals surface area contributed by atoms with E-state index in [4.69, 9.17) is 0 Å². The molecule has 4 rings (SSSR count). The van der Waals surface area contributed by atoms with Crippen molar-refractivity contribution >= 4 is 5.78 Å². The molecule has 0 aliphatic heterocycles. The summed E-state index contributed by atoms with van der Waals surface area (Å²) in [4.78, 5) is 12.5. The van der Waals surface area contributed by atoms with Gasteiger partial charge in [-0.3, -0.25) is 4.79 Å². The molecular formula is C22H18O. The molecule has 0 unspecified atom stereocenters. The Kier molecular flexibility index (Phi) is 3.55. The van der Waals surface area contributed by atoms with Gasteiger partial charge in [-0.25, -0.2) is 0 Å². The van der Waals surface area contributed by atoms with Crippen molar-refractivity contribution in [2.75, 3.05) is 0 Å². The van der Waals surface area contributed by atoms with Gasteiger partial charge in [-0.2, -0.15) is 0 Å². The van der Waals surface area contributed by atoms with E-state index >= 15 is 0 Å². The molecule has 0 atom stereocenters. The highest BCUT2D eigenvalue weighted by atomic mass is 16.1. The maximum atomic E-state index is 12.5. The lowest BCUT2D eigenvalue weighted by Gasteiger charge is -2.20. The fourth-order valence-electron chi connectivity index (χ4n) is 3.42. The van der Waals surface area contributed by atoms with Crippen molar-refractivity contribution in [3.8, 4) is 22.3 Å². The zero-order valence-electron chi connectivity index (χ0n) is 13.0. The third-order valence-corrected chi connectivity index (χ3v) is 4.57. The Balaban J connectivity index is 1.97. The molecule has 1 nitrogen and oxygen atoms in total. The Hall–Kier alpha value is -2.67. The average molecular weight is 298 g/mol. The summed E-state index contributed by atoms with van der Waals surface area (Å²) in [6.07, 6.45) is 2.61. The highest BCUT2D eigenvalue weighted by Crippen LogP contribution is 2.36. The quantitative estimate of drug-likeness (QED) is 0.607. The molecule has 0 saturated heterocycles. The van der Waals surface area contributed by atoms with Crippen molar-refractivity contribution in [3.63, 3.8) is 0 Å². The summed E-state index contributed by atoms with van der Waals surface area (Å²) >= 11 is 0. The molecule has 0 radical (unpaired) electrons. The first-order chi connectivity index (χ1) is 11.3. The van der Waals surface area contributed by atoms with E-state index in [0.717, 1.165) is 29.5 Å². The Bertz CT molecular complexity index is 848. The molecule has 23 heavy (non-hydrogen) atoms. The summed E-state index contributed by atoms with van der Waals surface area (Å²) in [6, 6.07) is 25.0. The summed E-state index contributed by atoms with van der Waals surface area (Å²) in [5, 5.41) is 0. The van der Waals surface area contributed by atoms with Crippen LogP contribution < -0.4 is 0 Å². The first-order valence-corrected chi connectivity index (χ1v) is 8.14. The van der Waals surface area contributed by atoms with E-state index in [9.17, 15) is 4.79 Å². The van der Waals surface area contributed by atoms with E-state index in [0.29, 0.717) is 6.42 Å². The maximum absolute atomic E-state index is 12.5. The Morgan fingerprint density at radius 1 is 0.609 bits per heavy atom. The molecular weight excluding hydrogens is 280 g/mol. The van der Waals surface area contributed by atoms with E-state index in [2.05, 4.69) is 48.5 Å². The van der Waals surface area contributed by atoms with Crippen LogP contribution in [-0.4, -0.2) is 5.78 Å². The predicted molar refractivity (Wildman–Crippen MR) is 94.6 cm³/mol. The smallest absolute Gasteiger partial charge is 0.163 e. The number of ketones is 1. The van der Waals surface area contributed by atoms with Gasteiger partial charge in [-0.15, -0.1) is 0 Å². The van der Waals surface area contributed by atoms with Crippen LogP contribution in [0.2, 0.25) is 0 Å². The van der Waals surface area contributed by atoms with Crippen LogP contribution in [-0.2, 0) is 6.42 Å². The highest BCUT2D eigenvalue weighted by molar-refractivity contribution is 6.01. The van der Waals surface area contributed by atoms with Gasteiger partial charge in [0, 0.05) is 12.0 Å². The number of carbonyl (C=O) groups is 1. The molecule has 1 aliphatic rings. The van der Waals surface area contributed by atoms with Gasteiger partial charge in [0.2, 0.25) is 0 Å². The molecule has 3 aromatic carbocycles. The SMILES string of the molecule is O=C1CCCc2c1cc(-c1ccccc1)cc2-c1ccccc1. The second kappa shape index (κ2) is 5.85. The lowest BCUT2D eigenvalue weighted by molar-refractivity contribution is 0.0972. The number of hydrogen-bond acceptors (Lipinski definition) is 1. The van der Waals surface area contributed by atoms with Crippen molar-refractivity contribution in [2.45, 2.75) is 19.3 Å². The van der Waals surface area contributed by atoms with Gasteiger partial charge >= 0.3 is 0 Å². The zero-order chi connectivity index (χ0) is 15.6. The van der Waals surface area contributed by atoms with Crippen molar-refractivity contribution in [3.05, 3.63) is 83.9 Å². The van der Waals surface area contributed by atoms with Gasteiger partial charge in [0.05, 0.1) is 0 Å². The fourth-order valence-corrected chi connectivity index (χ4v) is 3.42. The van der Waals surface area contributed by atoms with Crippen molar-refractivity contribution in [1.29, 1.82) is 0 Å². The third kappa shape index (κ3) is 2.59. The molecule has 3 aromatic rings. The maximum Gasteiger partial charge on any atom is 0.163 e. The van der Waals surface area contributed by atoms with Crippen LogP contribution in [0.4, 0.5) is 0 Å². The Morgan fingerprint density at radius 2 is 1.22 bits per heavy atom. The molecule has 0 fully saturated rings. The minimum atomic E-state index is 0.279. The third-order valence-electron chi connectivity index (χ3n) is 4.57. The second-order valence-electron chi connectivity index (χ2n) is 6.06. The average Bonchev–Trinajstić information content (AvgIpc) is 2.63. The predicted octanol–water partition coefficient (Wildman–Crippen LogP) is 5.54. The summed E-state index contributed by atoms with van der Waals surface area (Å²) in [6.45, 7) is 0. The topological polar surface area (TPSA) is 17.1 Å². The second-order valence-corrected chi connectivity index (χ2v) is 6.06. The Labute approximate surface area is 136 Å². The molecule has 0 N–H and O–H groups in total. The van der Waals surface area contributed by atoms with Gasteiger partial charge < -0.3 is 0 Å². The van der Waals surface area contributed by atoms with Gasteiger partial charge in [0.15, 0.2) is 5.78 Å². The van der Waals surface area contributed by atoms with Crippen molar-refractivity contribution < 1.29 is 4.79 Å². The summed E-state index contributed by atoms with van der Waals surface area (Å²) in [5.74, 6) is 0.279. The fraction of sp³-hybridized carbons (Fsp3) is 0.136. The van der Waals surface area contributed by atoms with Gasteiger partial charge in [-0.1, -0.05) is 60.7 Å². The highest BCUT2D eigenvalue weighted by Gasteiger charge is 2.21. The van der Waals surface area contributed by atoms with Crippen LogP contribution in [0.1, 0.15) is 28.8 Å². The minimum Gasteiger partial charge on any atom is -0.294 e. The molecule has 0 heterocycles. The summed E-state index contributed by atoms with van der Waals surface area (Å²) in [5.41, 5.74) is 6.80. The van der Waals surface area contributed by atoms with Crippen molar-refractivity contribution in [2.24, 2.45) is 0 Å². The lowest BCUT2D eigenvalue weighted by Crippen LogP contribution is -2.12. The first-order valence-electron chi connectivity index (χ1n) is 8.14. The van der Waals surface area contributed by atoms with E-state index in [-0.39, 0.29) is 5.78 Å². The number of hydrogen-bond donors (Lipinski definition) is 0. The summed E-state index contributed by atoms with van der Waals surface area (Å²) < 4.78 is 0. The molecule has 0 spiro atoms. The van der Waals surface area contributed by atoms with E-state index < -0.39 is 0 Å². The van der Waals surface area contributed by atoms with Crippen LogP contribution in [0.25, 0.3) is 22.3 Å².